The molecule has 2 aromatic rings. The van der Waals surface area contributed by atoms with Gasteiger partial charge in [0.05, 0.1) is 7.11 Å². The summed E-state index contributed by atoms with van der Waals surface area (Å²) in [5.41, 5.74) is 1.25. The lowest BCUT2D eigenvalue weighted by molar-refractivity contribution is 0.372. The number of methoxy groups -OCH3 is 1. The van der Waals surface area contributed by atoms with Crippen molar-refractivity contribution < 1.29 is 4.74 Å². The van der Waals surface area contributed by atoms with Gasteiger partial charge < -0.3 is 25.2 Å². The third-order valence-corrected chi connectivity index (χ3v) is 5.17. The predicted octanol–water partition coefficient (Wildman–Crippen LogP) is 3.07. The minimum Gasteiger partial charge on any atom is -0.497 e. The predicted molar refractivity (Wildman–Crippen MR) is 125 cm³/mol. The number of nitrogens with one attached hydrogen (secondary N) is 2. The second-order valence-electron chi connectivity index (χ2n) is 7.26. The molecule has 1 aliphatic rings. The number of ether oxygens (including phenoxy) is 1. The summed E-state index contributed by atoms with van der Waals surface area (Å²) >= 11 is 0. The Morgan fingerprint density at radius 1 is 1.07 bits per heavy atom. The van der Waals surface area contributed by atoms with Gasteiger partial charge in [0.1, 0.15) is 11.6 Å². The van der Waals surface area contributed by atoms with Gasteiger partial charge in [-0.3, -0.25) is 4.99 Å². The number of anilines is 2. The molecule has 0 aliphatic carbocycles. The van der Waals surface area contributed by atoms with Gasteiger partial charge >= 0.3 is 0 Å². The molecule has 7 nitrogen and oxygen atoms in total. The molecule has 0 unspecified atom stereocenters. The van der Waals surface area contributed by atoms with Crippen LogP contribution in [0.3, 0.4) is 0 Å². The van der Waals surface area contributed by atoms with Crippen LogP contribution in [0.25, 0.3) is 0 Å². The van der Waals surface area contributed by atoms with Crippen LogP contribution in [0.5, 0.6) is 5.75 Å². The topological polar surface area (TPSA) is 65.0 Å². The highest BCUT2D eigenvalue weighted by atomic mass is 16.5. The summed E-state index contributed by atoms with van der Waals surface area (Å²) in [6, 6.07) is 14.2. The van der Waals surface area contributed by atoms with Crippen molar-refractivity contribution in [2.75, 3.05) is 63.1 Å². The molecule has 7 heteroatoms. The van der Waals surface area contributed by atoms with E-state index in [9.17, 15) is 0 Å². The van der Waals surface area contributed by atoms with E-state index in [1.165, 1.54) is 5.69 Å². The molecule has 30 heavy (non-hydrogen) atoms. The monoisotopic (exact) mass is 410 g/mol. The highest BCUT2D eigenvalue weighted by Crippen LogP contribution is 2.20. The molecular weight excluding hydrogens is 376 g/mol. The van der Waals surface area contributed by atoms with Crippen molar-refractivity contribution in [2.45, 2.75) is 19.8 Å². The quantitative estimate of drug-likeness (QED) is 0.376. The van der Waals surface area contributed by atoms with Crippen molar-refractivity contribution in [3.05, 3.63) is 48.7 Å². The Kier molecular flexibility index (Phi) is 8.62. The number of unbranched alkanes of at least 4 members (excludes halogenated alkanes) is 1. The van der Waals surface area contributed by atoms with E-state index in [1.807, 2.05) is 36.5 Å². The van der Waals surface area contributed by atoms with E-state index >= 15 is 0 Å². The Hall–Kier alpha value is -2.96. The van der Waals surface area contributed by atoms with E-state index in [2.05, 4.69) is 44.5 Å². The molecule has 0 bridgehead atoms. The van der Waals surface area contributed by atoms with Crippen molar-refractivity contribution in [1.82, 2.24) is 15.2 Å². The molecule has 1 aromatic heterocycles. The minimum atomic E-state index is 0.838. The Morgan fingerprint density at radius 2 is 1.87 bits per heavy atom. The molecule has 1 aromatic carbocycles. The number of hydrogen-bond acceptors (Lipinski definition) is 5. The summed E-state index contributed by atoms with van der Waals surface area (Å²) in [5.74, 6) is 2.86. The zero-order valence-electron chi connectivity index (χ0n) is 18.2. The Bertz CT molecular complexity index is 757. The normalized spacial score (nSPS) is 14.5. The molecule has 0 radical (unpaired) electrons. The lowest BCUT2D eigenvalue weighted by Gasteiger charge is -2.37. The van der Waals surface area contributed by atoms with Gasteiger partial charge in [0.15, 0.2) is 5.96 Å². The molecule has 0 amide bonds. The molecule has 0 spiro atoms. The fraction of sp³-hybridized carbons (Fsp3) is 0.478. The van der Waals surface area contributed by atoms with E-state index in [0.29, 0.717) is 0 Å². The summed E-state index contributed by atoms with van der Waals surface area (Å²) in [6.07, 6.45) is 3.94. The second kappa shape index (κ2) is 11.9. The Morgan fingerprint density at radius 3 is 2.53 bits per heavy atom. The van der Waals surface area contributed by atoms with Crippen molar-refractivity contribution in [3.8, 4) is 5.75 Å². The molecular formula is C23H34N6O. The van der Waals surface area contributed by atoms with Gasteiger partial charge in [0.25, 0.3) is 0 Å². The highest BCUT2D eigenvalue weighted by Gasteiger charge is 2.19. The molecule has 2 N–H and O–H groups in total. The van der Waals surface area contributed by atoms with Gasteiger partial charge in [-0.25, -0.2) is 4.98 Å². The minimum absolute atomic E-state index is 0.838. The Labute approximate surface area is 180 Å². The van der Waals surface area contributed by atoms with Crippen molar-refractivity contribution in [2.24, 2.45) is 4.99 Å². The van der Waals surface area contributed by atoms with Crippen LogP contribution in [-0.4, -0.2) is 68.8 Å². The Balaban J connectivity index is 1.41. The van der Waals surface area contributed by atoms with Crippen molar-refractivity contribution >= 4 is 17.5 Å². The first kappa shape index (κ1) is 21.7. The molecule has 0 saturated carbocycles. The van der Waals surface area contributed by atoms with Crippen LogP contribution >= 0.6 is 0 Å². The molecule has 162 valence electrons. The molecule has 0 atom stereocenters. The molecule has 3 rings (SSSR count). The number of pyridine rings is 1. The first-order chi connectivity index (χ1) is 14.8. The number of nitrogens with zero attached hydrogens (tertiary/aromatic N) is 4. The zero-order valence-corrected chi connectivity index (χ0v) is 18.2. The summed E-state index contributed by atoms with van der Waals surface area (Å²) in [7, 11) is 1.70. The maximum atomic E-state index is 5.26. The van der Waals surface area contributed by atoms with Crippen molar-refractivity contribution in [1.29, 1.82) is 0 Å². The third kappa shape index (κ3) is 6.54. The SMILES string of the molecule is CCNC(=NCCCCNc1ccccn1)N1CCN(c2ccc(OC)cc2)CC1. The van der Waals surface area contributed by atoms with Gasteiger partial charge in [-0.1, -0.05) is 6.07 Å². The first-order valence-electron chi connectivity index (χ1n) is 10.9. The first-order valence-corrected chi connectivity index (χ1v) is 10.9. The van der Waals surface area contributed by atoms with E-state index in [4.69, 9.17) is 9.73 Å². The van der Waals surface area contributed by atoms with E-state index in [1.54, 1.807) is 7.11 Å². The summed E-state index contributed by atoms with van der Waals surface area (Å²) in [5, 5.41) is 6.80. The summed E-state index contributed by atoms with van der Waals surface area (Å²) < 4.78 is 5.26. The second-order valence-corrected chi connectivity index (χ2v) is 7.26. The van der Waals surface area contributed by atoms with Crippen molar-refractivity contribution in [3.63, 3.8) is 0 Å². The lowest BCUT2D eigenvalue weighted by Crippen LogP contribution is -2.52. The molecule has 1 saturated heterocycles. The van der Waals surface area contributed by atoms with E-state index < -0.39 is 0 Å². The number of guanidine groups is 1. The van der Waals surface area contributed by atoms with E-state index in [0.717, 1.165) is 76.2 Å². The maximum Gasteiger partial charge on any atom is 0.194 e. The fourth-order valence-corrected chi connectivity index (χ4v) is 3.50. The fourth-order valence-electron chi connectivity index (χ4n) is 3.50. The zero-order chi connectivity index (χ0) is 21.0. The number of aromatic nitrogens is 1. The maximum absolute atomic E-state index is 5.26. The van der Waals surface area contributed by atoms with Crippen LogP contribution in [0, 0.1) is 0 Å². The van der Waals surface area contributed by atoms with Crippen LogP contribution in [0.15, 0.2) is 53.7 Å². The van der Waals surface area contributed by atoms with Crippen LogP contribution in [-0.2, 0) is 0 Å². The number of piperazine rings is 1. The van der Waals surface area contributed by atoms with Gasteiger partial charge in [0, 0.05) is 57.7 Å². The van der Waals surface area contributed by atoms with Gasteiger partial charge in [-0.2, -0.15) is 0 Å². The van der Waals surface area contributed by atoms with Gasteiger partial charge in [-0.15, -0.1) is 0 Å². The average Bonchev–Trinajstić information content (AvgIpc) is 2.81. The third-order valence-electron chi connectivity index (χ3n) is 5.17. The number of hydrogen-bond donors (Lipinski definition) is 2. The highest BCUT2D eigenvalue weighted by molar-refractivity contribution is 5.80. The van der Waals surface area contributed by atoms with Gasteiger partial charge in [0.2, 0.25) is 0 Å². The number of benzene rings is 1. The van der Waals surface area contributed by atoms with Crippen LogP contribution in [0.4, 0.5) is 11.5 Å². The standard InChI is InChI=1S/C23H34N6O/c1-3-24-23(27-15-7-6-14-26-22-8-4-5-13-25-22)29-18-16-28(17-19-29)20-9-11-21(30-2)12-10-20/h4-5,8-13H,3,6-7,14-19H2,1-2H3,(H,24,27)(H,25,26). The summed E-state index contributed by atoms with van der Waals surface area (Å²) in [6.45, 7) is 8.70. The lowest BCUT2D eigenvalue weighted by atomic mass is 10.2. The number of rotatable bonds is 9. The van der Waals surface area contributed by atoms with Gasteiger partial charge in [-0.05, 0) is 56.2 Å². The van der Waals surface area contributed by atoms with E-state index in [-0.39, 0.29) is 0 Å². The average molecular weight is 411 g/mol. The van der Waals surface area contributed by atoms with Crippen LogP contribution in [0.2, 0.25) is 0 Å². The van der Waals surface area contributed by atoms with Crippen LogP contribution < -0.4 is 20.3 Å². The van der Waals surface area contributed by atoms with Crippen LogP contribution in [0.1, 0.15) is 19.8 Å². The smallest absolute Gasteiger partial charge is 0.194 e. The largest absolute Gasteiger partial charge is 0.497 e. The molecule has 1 fully saturated rings. The molecule has 1 aliphatic heterocycles. The number of aliphatic imine (C=N–C) groups is 1. The summed E-state index contributed by atoms with van der Waals surface area (Å²) in [4.78, 5) is 13.9. The molecule has 2 heterocycles.